The standard InChI is InChI=1S/C21H29ClN4O.ClH/c22-18-12-24-19(26-3-1-23-2-4-26)8-17(18)20(27)25-13-21-9-14-5-15(10-21)7-16(6-14)11-21;/h8,12,14-16,23H,1-7,9-11,13H2,(H,25,27);1H. The maximum atomic E-state index is 12.9. The lowest BCUT2D eigenvalue weighted by atomic mass is 9.49. The lowest BCUT2D eigenvalue weighted by Crippen LogP contribution is -2.51. The van der Waals surface area contributed by atoms with Crippen molar-refractivity contribution in [2.45, 2.75) is 38.5 Å². The van der Waals surface area contributed by atoms with Crippen LogP contribution >= 0.6 is 24.0 Å². The van der Waals surface area contributed by atoms with Crippen LogP contribution in [-0.2, 0) is 0 Å². The Bertz CT molecular complexity index is 700. The number of anilines is 1. The van der Waals surface area contributed by atoms with Crippen LogP contribution in [0.3, 0.4) is 0 Å². The molecule has 1 amide bonds. The second-order valence-electron chi connectivity index (χ2n) is 9.36. The van der Waals surface area contributed by atoms with Gasteiger partial charge in [-0.1, -0.05) is 11.6 Å². The average Bonchev–Trinajstić information content (AvgIpc) is 2.66. The van der Waals surface area contributed by atoms with Crippen LogP contribution in [0.25, 0.3) is 0 Å². The van der Waals surface area contributed by atoms with E-state index in [4.69, 9.17) is 11.6 Å². The van der Waals surface area contributed by atoms with E-state index in [0.29, 0.717) is 16.0 Å². The molecule has 0 atom stereocenters. The van der Waals surface area contributed by atoms with Gasteiger partial charge in [-0.25, -0.2) is 4.98 Å². The zero-order valence-electron chi connectivity index (χ0n) is 16.3. The Morgan fingerprint density at radius 2 is 1.79 bits per heavy atom. The number of amides is 1. The Labute approximate surface area is 178 Å². The van der Waals surface area contributed by atoms with Crippen LogP contribution in [0.5, 0.6) is 0 Å². The number of hydrogen-bond acceptors (Lipinski definition) is 4. The first-order chi connectivity index (χ1) is 13.1. The zero-order valence-corrected chi connectivity index (χ0v) is 17.8. The third-order valence-corrected chi connectivity index (χ3v) is 7.62. The van der Waals surface area contributed by atoms with Gasteiger partial charge in [0.2, 0.25) is 0 Å². The molecule has 4 bridgehead atoms. The number of carbonyl (C=O) groups is 1. The quantitative estimate of drug-likeness (QED) is 0.775. The molecule has 5 fully saturated rings. The van der Waals surface area contributed by atoms with Crippen molar-refractivity contribution in [1.82, 2.24) is 15.6 Å². The van der Waals surface area contributed by atoms with Crippen LogP contribution in [0.2, 0.25) is 5.02 Å². The minimum absolute atomic E-state index is 0. The minimum atomic E-state index is -0.0467. The summed E-state index contributed by atoms with van der Waals surface area (Å²) in [5.74, 6) is 3.50. The number of rotatable bonds is 4. The third kappa shape index (κ3) is 3.86. The summed E-state index contributed by atoms with van der Waals surface area (Å²) in [4.78, 5) is 19.6. The fourth-order valence-corrected chi connectivity index (χ4v) is 6.73. The molecule has 4 aliphatic carbocycles. The van der Waals surface area contributed by atoms with Gasteiger partial charge < -0.3 is 15.5 Å². The molecule has 5 aliphatic rings. The monoisotopic (exact) mass is 424 g/mol. The molecule has 2 N–H and O–H groups in total. The number of halogens is 2. The predicted octanol–water partition coefficient (Wildman–Crippen LogP) is 3.51. The van der Waals surface area contributed by atoms with E-state index in [1.165, 1.54) is 38.5 Å². The highest BCUT2D eigenvalue weighted by Crippen LogP contribution is 2.59. The molecule has 0 aromatic carbocycles. The van der Waals surface area contributed by atoms with Crippen molar-refractivity contribution in [2.24, 2.45) is 23.2 Å². The molecule has 0 radical (unpaired) electrons. The van der Waals surface area contributed by atoms with Crippen molar-refractivity contribution < 1.29 is 4.79 Å². The van der Waals surface area contributed by atoms with Gasteiger partial charge in [0.25, 0.3) is 5.91 Å². The van der Waals surface area contributed by atoms with Gasteiger partial charge in [0.15, 0.2) is 0 Å². The van der Waals surface area contributed by atoms with E-state index in [1.807, 2.05) is 6.07 Å². The van der Waals surface area contributed by atoms with E-state index >= 15 is 0 Å². The van der Waals surface area contributed by atoms with Crippen LogP contribution < -0.4 is 15.5 Å². The van der Waals surface area contributed by atoms with Crippen LogP contribution in [0.4, 0.5) is 5.82 Å². The summed E-state index contributed by atoms with van der Waals surface area (Å²) in [7, 11) is 0. The Kier molecular flexibility index (Phi) is 5.78. The third-order valence-electron chi connectivity index (χ3n) is 7.32. The fraction of sp³-hybridized carbons (Fsp3) is 0.714. The van der Waals surface area contributed by atoms with Gasteiger partial charge in [0.1, 0.15) is 5.82 Å². The summed E-state index contributed by atoms with van der Waals surface area (Å²) in [6, 6.07) is 1.86. The number of aromatic nitrogens is 1. The SMILES string of the molecule is Cl.O=C(NCC12CC3CC(CC(C3)C1)C2)c1cc(N2CCNCC2)ncc1Cl. The van der Waals surface area contributed by atoms with Gasteiger partial charge in [-0.2, -0.15) is 0 Å². The molecule has 6 rings (SSSR count). The maximum Gasteiger partial charge on any atom is 0.253 e. The number of nitrogens with one attached hydrogen (secondary N) is 2. The van der Waals surface area contributed by atoms with Gasteiger partial charge in [-0.05, 0) is 67.8 Å². The number of piperazine rings is 1. The molecule has 1 aromatic rings. The number of hydrogen-bond donors (Lipinski definition) is 2. The number of nitrogens with zero attached hydrogens (tertiary/aromatic N) is 2. The Morgan fingerprint density at radius 3 is 2.39 bits per heavy atom. The number of pyridine rings is 1. The van der Waals surface area contributed by atoms with Crippen LogP contribution in [0, 0.1) is 23.2 Å². The Balaban J connectivity index is 0.00000192. The summed E-state index contributed by atoms with van der Waals surface area (Å²) in [5, 5.41) is 7.03. The molecule has 28 heavy (non-hydrogen) atoms. The molecule has 7 heteroatoms. The summed E-state index contributed by atoms with van der Waals surface area (Å²) < 4.78 is 0. The van der Waals surface area contributed by atoms with Gasteiger partial charge in [-0.15, -0.1) is 12.4 Å². The van der Waals surface area contributed by atoms with E-state index in [9.17, 15) is 4.79 Å². The van der Waals surface area contributed by atoms with E-state index in [1.54, 1.807) is 6.20 Å². The van der Waals surface area contributed by atoms with Crippen molar-refractivity contribution in [3.05, 3.63) is 22.8 Å². The molecular weight excluding hydrogens is 395 g/mol. The molecule has 0 spiro atoms. The summed E-state index contributed by atoms with van der Waals surface area (Å²) in [6.07, 6.45) is 9.81. The van der Waals surface area contributed by atoms with Gasteiger partial charge in [0.05, 0.1) is 10.6 Å². The summed E-state index contributed by atoms with van der Waals surface area (Å²) >= 11 is 6.33. The topological polar surface area (TPSA) is 57.3 Å². The average molecular weight is 425 g/mol. The van der Waals surface area contributed by atoms with Crippen molar-refractivity contribution in [3.63, 3.8) is 0 Å². The second kappa shape index (κ2) is 8.00. The first kappa shape index (κ1) is 20.2. The van der Waals surface area contributed by atoms with Crippen LogP contribution in [0.15, 0.2) is 12.3 Å². The number of carbonyl (C=O) groups excluding carboxylic acids is 1. The van der Waals surface area contributed by atoms with E-state index in [2.05, 4.69) is 20.5 Å². The molecule has 5 nitrogen and oxygen atoms in total. The van der Waals surface area contributed by atoms with E-state index < -0.39 is 0 Å². The Hall–Kier alpha value is -1.04. The highest BCUT2D eigenvalue weighted by atomic mass is 35.5. The van der Waals surface area contributed by atoms with Crippen LogP contribution in [0.1, 0.15) is 48.9 Å². The molecule has 1 aromatic heterocycles. The lowest BCUT2D eigenvalue weighted by Gasteiger charge is -2.56. The molecular formula is C21H30Cl2N4O. The molecule has 2 heterocycles. The predicted molar refractivity (Wildman–Crippen MR) is 115 cm³/mol. The smallest absolute Gasteiger partial charge is 0.253 e. The zero-order chi connectivity index (χ0) is 18.4. The molecule has 1 saturated heterocycles. The van der Waals surface area contributed by atoms with E-state index in [-0.39, 0.29) is 18.3 Å². The lowest BCUT2D eigenvalue weighted by molar-refractivity contribution is -0.0503. The van der Waals surface area contributed by atoms with Crippen molar-refractivity contribution in [3.8, 4) is 0 Å². The normalized spacial score (nSPS) is 33.5. The van der Waals surface area contributed by atoms with Gasteiger partial charge in [0, 0.05) is 38.9 Å². The first-order valence-corrected chi connectivity index (χ1v) is 10.9. The summed E-state index contributed by atoms with van der Waals surface area (Å²) in [6.45, 7) is 4.50. The molecule has 154 valence electrons. The fourth-order valence-electron chi connectivity index (χ4n) is 6.54. The van der Waals surface area contributed by atoms with Crippen LogP contribution in [-0.4, -0.2) is 43.6 Å². The molecule has 1 aliphatic heterocycles. The minimum Gasteiger partial charge on any atom is -0.354 e. The second-order valence-corrected chi connectivity index (χ2v) is 9.77. The summed E-state index contributed by atoms with van der Waals surface area (Å²) in [5.41, 5.74) is 0.899. The largest absolute Gasteiger partial charge is 0.354 e. The molecule has 0 unspecified atom stereocenters. The molecule has 4 saturated carbocycles. The van der Waals surface area contributed by atoms with Gasteiger partial charge >= 0.3 is 0 Å². The van der Waals surface area contributed by atoms with Crippen molar-refractivity contribution in [1.29, 1.82) is 0 Å². The maximum absolute atomic E-state index is 12.9. The highest BCUT2D eigenvalue weighted by Gasteiger charge is 2.50. The Morgan fingerprint density at radius 1 is 1.18 bits per heavy atom. The van der Waals surface area contributed by atoms with E-state index in [0.717, 1.165) is 56.3 Å². The van der Waals surface area contributed by atoms with Crippen molar-refractivity contribution >= 4 is 35.7 Å². The highest BCUT2D eigenvalue weighted by molar-refractivity contribution is 6.33. The van der Waals surface area contributed by atoms with Gasteiger partial charge in [-0.3, -0.25) is 4.79 Å². The van der Waals surface area contributed by atoms with Crippen molar-refractivity contribution in [2.75, 3.05) is 37.6 Å². The first-order valence-electron chi connectivity index (χ1n) is 10.5.